The normalized spacial score (nSPS) is 11.4. The van der Waals surface area contributed by atoms with Crippen LogP contribution in [0.2, 0.25) is 0 Å². The third kappa shape index (κ3) is 5.59. The predicted molar refractivity (Wildman–Crippen MR) is 140 cm³/mol. The minimum Gasteiger partial charge on any atom is -0.493 e. The van der Waals surface area contributed by atoms with E-state index in [4.69, 9.17) is 27.4 Å². The van der Waals surface area contributed by atoms with Gasteiger partial charge in [0.2, 0.25) is 11.0 Å². The van der Waals surface area contributed by atoms with Gasteiger partial charge >= 0.3 is 0 Å². The van der Waals surface area contributed by atoms with Gasteiger partial charge in [-0.3, -0.25) is 9.47 Å². The van der Waals surface area contributed by atoms with E-state index in [1.54, 1.807) is 24.9 Å². The van der Waals surface area contributed by atoms with Crippen LogP contribution in [0, 0.1) is 0 Å². The van der Waals surface area contributed by atoms with Gasteiger partial charge in [0.1, 0.15) is 0 Å². The van der Waals surface area contributed by atoms with Crippen LogP contribution in [0.1, 0.15) is 11.1 Å². The van der Waals surface area contributed by atoms with Crippen molar-refractivity contribution in [1.82, 2.24) is 9.47 Å². The van der Waals surface area contributed by atoms with Gasteiger partial charge < -0.3 is 20.3 Å². The van der Waals surface area contributed by atoms with Crippen molar-refractivity contribution in [3.8, 4) is 17.4 Å². The highest BCUT2D eigenvalue weighted by atomic mass is 32.1. The molecule has 0 bridgehead atoms. The molecule has 0 saturated carbocycles. The molecule has 0 spiro atoms. The van der Waals surface area contributed by atoms with E-state index in [9.17, 15) is 5.11 Å². The molecule has 180 valence electrons. The number of thiocarbonyl (C=S) groups is 1. The lowest BCUT2D eigenvalue weighted by Gasteiger charge is -2.24. The van der Waals surface area contributed by atoms with Crippen LogP contribution in [0.5, 0.6) is 17.4 Å². The number of benzene rings is 3. The number of hydrogen-bond acceptors (Lipinski definition) is 6. The summed E-state index contributed by atoms with van der Waals surface area (Å²) in [5, 5.41) is 19.7. The van der Waals surface area contributed by atoms with Crippen molar-refractivity contribution in [1.29, 1.82) is 0 Å². The molecular formula is C26H27N5O3S. The summed E-state index contributed by atoms with van der Waals surface area (Å²) in [4.78, 5) is 2.23. The Kier molecular flexibility index (Phi) is 7.59. The van der Waals surface area contributed by atoms with Gasteiger partial charge in [0, 0.05) is 24.5 Å². The maximum absolute atomic E-state index is 11.3. The zero-order valence-electron chi connectivity index (χ0n) is 19.6. The minimum atomic E-state index is -0.124. The number of aromatic hydroxyl groups is 1. The van der Waals surface area contributed by atoms with E-state index in [0.29, 0.717) is 42.2 Å². The van der Waals surface area contributed by atoms with Crippen molar-refractivity contribution in [2.24, 2.45) is 16.0 Å². The molecule has 0 radical (unpaired) electrons. The average molecular weight is 490 g/mol. The van der Waals surface area contributed by atoms with Gasteiger partial charge in [-0.2, -0.15) is 0 Å². The summed E-state index contributed by atoms with van der Waals surface area (Å²) in [6.07, 6.45) is 0. The van der Waals surface area contributed by atoms with Crippen LogP contribution in [-0.4, -0.2) is 33.9 Å². The zero-order chi connectivity index (χ0) is 24.8. The smallest absolute Gasteiger partial charge is 0.221 e. The number of methoxy groups -OCH3 is 2. The van der Waals surface area contributed by atoms with Gasteiger partial charge in [-0.25, -0.2) is 0 Å². The van der Waals surface area contributed by atoms with E-state index in [1.165, 1.54) is 0 Å². The van der Waals surface area contributed by atoms with E-state index in [1.807, 2.05) is 42.5 Å². The van der Waals surface area contributed by atoms with Crippen molar-refractivity contribution < 1.29 is 14.6 Å². The van der Waals surface area contributed by atoms with Gasteiger partial charge in [0.25, 0.3) is 0 Å². The van der Waals surface area contributed by atoms with Gasteiger partial charge in [0.05, 0.1) is 26.4 Å². The van der Waals surface area contributed by atoms with Crippen LogP contribution in [0.4, 0.5) is 5.69 Å². The number of ether oxygens (including phenoxy) is 2. The Labute approximate surface area is 209 Å². The number of nitrogens with zero attached hydrogens (tertiary/aromatic N) is 4. The van der Waals surface area contributed by atoms with E-state index < -0.39 is 0 Å². The Morgan fingerprint density at radius 1 is 0.943 bits per heavy atom. The molecule has 0 atom stereocenters. The zero-order valence-corrected chi connectivity index (χ0v) is 20.4. The maximum Gasteiger partial charge on any atom is 0.221 e. The van der Waals surface area contributed by atoms with E-state index in [0.717, 1.165) is 11.1 Å². The Balaban J connectivity index is 1.81. The number of nitrogens with two attached hydrogens (primary N) is 1. The summed E-state index contributed by atoms with van der Waals surface area (Å²) >= 11 is 4.85. The van der Waals surface area contributed by atoms with Crippen LogP contribution < -0.4 is 15.2 Å². The van der Waals surface area contributed by atoms with Gasteiger partial charge in [-0.05, 0) is 29.4 Å². The first kappa shape index (κ1) is 24.2. The molecule has 8 nitrogen and oxygen atoms in total. The molecule has 0 saturated heterocycles. The van der Waals surface area contributed by atoms with E-state index in [-0.39, 0.29) is 16.7 Å². The summed E-state index contributed by atoms with van der Waals surface area (Å²) < 4.78 is 12.8. The first-order valence-corrected chi connectivity index (χ1v) is 11.4. The third-order valence-corrected chi connectivity index (χ3v) is 5.68. The summed E-state index contributed by atoms with van der Waals surface area (Å²) in [7, 11) is 3.12. The second-order valence-electron chi connectivity index (χ2n) is 7.96. The molecule has 0 aliphatic rings. The highest BCUT2D eigenvalue weighted by Crippen LogP contribution is 2.44. The standard InChI is InChI=1S/C26H27N5O3S/c1-33-22-13-20-21(14-23(22)34-2)31(25(32)24(20)28-29-26(27)35)17-30(15-18-9-5-3-6-10-18)16-19-11-7-4-8-12-19/h3-14,32H,15-17H2,1-2H3,(H2,27,35). The van der Waals surface area contributed by atoms with Crippen LogP contribution in [0.3, 0.4) is 0 Å². The summed E-state index contributed by atoms with van der Waals surface area (Å²) in [5.41, 5.74) is 8.81. The number of hydrogen-bond donors (Lipinski definition) is 2. The number of azo groups is 1. The van der Waals surface area contributed by atoms with Crippen LogP contribution >= 0.6 is 12.2 Å². The fourth-order valence-electron chi connectivity index (χ4n) is 4.02. The molecule has 1 aromatic heterocycles. The van der Waals surface area contributed by atoms with Crippen molar-refractivity contribution >= 4 is 33.9 Å². The SMILES string of the molecule is COc1cc2c(N=NC(N)=S)c(O)n(CN(Cc3ccccc3)Cc3ccccc3)c2cc1OC. The summed E-state index contributed by atoms with van der Waals surface area (Å²) in [6, 6.07) is 24.0. The highest BCUT2D eigenvalue weighted by Gasteiger charge is 2.22. The third-order valence-electron chi connectivity index (χ3n) is 5.60. The first-order chi connectivity index (χ1) is 17.0. The van der Waals surface area contributed by atoms with Crippen LogP contribution in [0.25, 0.3) is 10.9 Å². The lowest BCUT2D eigenvalue weighted by molar-refractivity contribution is 0.194. The number of aromatic nitrogens is 1. The fourth-order valence-corrected chi connectivity index (χ4v) is 4.06. The molecule has 0 aliphatic heterocycles. The summed E-state index contributed by atoms with van der Waals surface area (Å²) in [6.45, 7) is 1.72. The predicted octanol–water partition coefficient (Wildman–Crippen LogP) is 5.35. The van der Waals surface area contributed by atoms with E-state index >= 15 is 0 Å². The number of fused-ring (bicyclic) bond motifs is 1. The quantitative estimate of drug-likeness (QED) is 0.243. The Bertz CT molecular complexity index is 1300. The van der Waals surface area contributed by atoms with Crippen molar-refractivity contribution in [3.63, 3.8) is 0 Å². The first-order valence-electron chi connectivity index (χ1n) is 11.0. The van der Waals surface area contributed by atoms with E-state index in [2.05, 4.69) is 39.4 Å². The molecule has 1 heterocycles. The topological polar surface area (TPSA) is 97.6 Å². The highest BCUT2D eigenvalue weighted by molar-refractivity contribution is 7.80. The summed E-state index contributed by atoms with van der Waals surface area (Å²) in [5.74, 6) is 0.991. The fraction of sp³-hybridized carbons (Fsp3) is 0.192. The number of rotatable bonds is 9. The van der Waals surface area contributed by atoms with Crippen molar-refractivity contribution in [2.75, 3.05) is 14.2 Å². The Hall–Kier alpha value is -3.95. The molecule has 3 N–H and O–H groups in total. The molecular weight excluding hydrogens is 462 g/mol. The molecule has 35 heavy (non-hydrogen) atoms. The van der Waals surface area contributed by atoms with Gasteiger partial charge in [0.15, 0.2) is 17.2 Å². The second-order valence-corrected chi connectivity index (χ2v) is 8.38. The van der Waals surface area contributed by atoms with Crippen molar-refractivity contribution in [3.05, 3.63) is 83.9 Å². The molecule has 9 heteroatoms. The largest absolute Gasteiger partial charge is 0.493 e. The minimum absolute atomic E-state index is 0.0542. The average Bonchev–Trinajstić information content (AvgIpc) is 3.12. The van der Waals surface area contributed by atoms with Crippen molar-refractivity contribution in [2.45, 2.75) is 19.8 Å². The Morgan fingerprint density at radius 3 is 2.00 bits per heavy atom. The maximum atomic E-state index is 11.3. The van der Waals surface area contributed by atoms with Crippen LogP contribution in [0.15, 0.2) is 83.0 Å². The Morgan fingerprint density at radius 2 is 1.49 bits per heavy atom. The monoisotopic (exact) mass is 489 g/mol. The molecule has 3 aromatic carbocycles. The lowest BCUT2D eigenvalue weighted by Crippen LogP contribution is -2.25. The molecule has 0 aliphatic carbocycles. The van der Waals surface area contributed by atoms with Gasteiger partial charge in [-0.1, -0.05) is 60.7 Å². The molecule has 0 amide bonds. The lowest BCUT2D eigenvalue weighted by atomic mass is 10.2. The molecule has 0 unspecified atom stereocenters. The second kappa shape index (κ2) is 11.0. The molecule has 0 fully saturated rings. The van der Waals surface area contributed by atoms with Gasteiger partial charge in [-0.15, -0.1) is 10.2 Å². The molecule has 4 aromatic rings. The van der Waals surface area contributed by atoms with Crippen LogP contribution in [-0.2, 0) is 19.8 Å². The molecule has 4 rings (SSSR count).